The van der Waals surface area contributed by atoms with Crippen LogP contribution in [0.4, 0.5) is 5.00 Å². The monoisotopic (exact) mass is 391 g/mol. The van der Waals surface area contributed by atoms with Crippen molar-refractivity contribution in [2.75, 3.05) is 17.8 Å². The van der Waals surface area contributed by atoms with Crippen LogP contribution in [0, 0.1) is 0 Å². The van der Waals surface area contributed by atoms with Gasteiger partial charge in [0.25, 0.3) is 5.56 Å². The molecule has 134 valence electrons. The van der Waals surface area contributed by atoms with Crippen molar-refractivity contribution in [3.63, 3.8) is 0 Å². The minimum absolute atomic E-state index is 0.00734. The number of thiophene rings is 1. The predicted molar refractivity (Wildman–Crippen MR) is 101 cm³/mol. The number of carbonyl (C=O) groups is 2. The molecule has 3 aromatic rings. The van der Waals surface area contributed by atoms with Gasteiger partial charge in [0.1, 0.15) is 10.9 Å². The molecule has 26 heavy (non-hydrogen) atoms. The summed E-state index contributed by atoms with van der Waals surface area (Å²) in [4.78, 5) is 37.0. The molecule has 2 heterocycles. The van der Waals surface area contributed by atoms with E-state index < -0.39 is 17.4 Å². The minimum Gasteiger partial charge on any atom is -0.461 e. The average molecular weight is 392 g/mol. The molecule has 0 radical (unpaired) electrons. The summed E-state index contributed by atoms with van der Waals surface area (Å²) in [6.07, 6.45) is 0. The molecule has 1 aromatic carbocycles. The molecular formula is C17H14ClN3O4S. The second-order valence-electron chi connectivity index (χ2n) is 5.16. The summed E-state index contributed by atoms with van der Waals surface area (Å²) in [5, 5.41) is 9.21. The van der Waals surface area contributed by atoms with Gasteiger partial charge in [0.05, 0.1) is 17.7 Å². The highest BCUT2D eigenvalue weighted by atomic mass is 35.5. The molecule has 0 aliphatic heterocycles. The van der Waals surface area contributed by atoms with Crippen LogP contribution in [0.15, 0.2) is 40.5 Å². The van der Waals surface area contributed by atoms with E-state index in [1.54, 1.807) is 42.6 Å². The maximum Gasteiger partial charge on any atom is 0.359 e. The second kappa shape index (κ2) is 7.67. The second-order valence-corrected chi connectivity index (χ2v) is 6.30. The first-order chi connectivity index (χ1) is 12.6. The highest BCUT2D eigenvalue weighted by molar-refractivity contribution is 7.16. The van der Waals surface area contributed by atoms with Gasteiger partial charge in [-0.2, -0.15) is 9.78 Å². The van der Waals surface area contributed by atoms with Gasteiger partial charge in [-0.05, 0) is 19.1 Å². The minimum atomic E-state index is -0.643. The molecule has 0 bridgehead atoms. The molecule has 7 nitrogen and oxygen atoms in total. The summed E-state index contributed by atoms with van der Waals surface area (Å²) in [5.74, 6) is -1.34. The van der Waals surface area contributed by atoms with E-state index in [0.29, 0.717) is 16.1 Å². The van der Waals surface area contributed by atoms with Gasteiger partial charge in [0.15, 0.2) is 5.69 Å². The van der Waals surface area contributed by atoms with E-state index in [1.807, 2.05) is 0 Å². The van der Waals surface area contributed by atoms with Gasteiger partial charge in [-0.1, -0.05) is 18.2 Å². The molecule has 0 spiro atoms. The molecule has 0 aliphatic rings. The molecule has 0 saturated carbocycles. The number of fused-ring (bicyclic) bond motifs is 1. The summed E-state index contributed by atoms with van der Waals surface area (Å²) in [5.41, 5.74) is 0.0454. The number of rotatable bonds is 5. The van der Waals surface area contributed by atoms with E-state index in [0.717, 1.165) is 16.0 Å². The summed E-state index contributed by atoms with van der Waals surface area (Å²) in [7, 11) is 0. The van der Waals surface area contributed by atoms with Crippen LogP contribution in [0.1, 0.15) is 17.4 Å². The van der Waals surface area contributed by atoms with Crippen molar-refractivity contribution in [1.29, 1.82) is 0 Å². The summed E-state index contributed by atoms with van der Waals surface area (Å²) >= 11 is 6.66. The van der Waals surface area contributed by atoms with Crippen LogP contribution in [-0.2, 0) is 9.53 Å². The zero-order valence-electron chi connectivity index (χ0n) is 13.7. The summed E-state index contributed by atoms with van der Waals surface area (Å²) in [6.45, 7) is 1.86. The average Bonchev–Trinajstić information content (AvgIpc) is 3.07. The Balaban J connectivity index is 2.29. The lowest BCUT2D eigenvalue weighted by molar-refractivity contribution is -0.113. The molecule has 2 aromatic heterocycles. The fourth-order valence-electron chi connectivity index (χ4n) is 2.40. The van der Waals surface area contributed by atoms with Crippen molar-refractivity contribution < 1.29 is 14.3 Å². The Bertz CT molecular complexity index is 1030. The van der Waals surface area contributed by atoms with Gasteiger partial charge in [0.2, 0.25) is 5.91 Å². The van der Waals surface area contributed by atoms with Crippen molar-refractivity contribution in [3.8, 4) is 5.69 Å². The van der Waals surface area contributed by atoms with Crippen molar-refractivity contribution in [1.82, 2.24) is 9.78 Å². The Hall–Kier alpha value is -2.71. The van der Waals surface area contributed by atoms with Gasteiger partial charge >= 0.3 is 5.97 Å². The van der Waals surface area contributed by atoms with Gasteiger partial charge in [-0.15, -0.1) is 22.9 Å². The van der Waals surface area contributed by atoms with Crippen molar-refractivity contribution >= 4 is 50.6 Å². The SMILES string of the molecule is CCOC(=O)c1nn(-c2ccccc2)c(=O)c2c(NC(=O)CCl)scc12. The maximum atomic E-state index is 13.0. The molecule has 3 rings (SSSR count). The van der Waals surface area contributed by atoms with Crippen LogP contribution >= 0.6 is 22.9 Å². The number of carbonyl (C=O) groups excluding carboxylic acids is 2. The van der Waals surface area contributed by atoms with E-state index in [2.05, 4.69) is 10.4 Å². The molecule has 1 amide bonds. The topological polar surface area (TPSA) is 90.3 Å². The Morgan fingerprint density at radius 2 is 2.04 bits per heavy atom. The fourth-order valence-corrected chi connectivity index (χ4v) is 3.42. The largest absolute Gasteiger partial charge is 0.461 e. The number of esters is 1. The number of amides is 1. The zero-order valence-corrected chi connectivity index (χ0v) is 15.3. The Morgan fingerprint density at radius 3 is 2.69 bits per heavy atom. The standard InChI is InChI=1S/C17H14ClN3O4S/c1-2-25-17(24)14-11-9-26-15(19-12(22)8-18)13(11)16(23)21(20-14)10-6-4-3-5-7-10/h3-7,9H,2,8H2,1H3,(H,19,22). The fraction of sp³-hybridized carbons (Fsp3) is 0.176. The molecule has 0 unspecified atom stereocenters. The van der Waals surface area contributed by atoms with Gasteiger partial charge < -0.3 is 10.1 Å². The highest BCUT2D eigenvalue weighted by Crippen LogP contribution is 2.30. The van der Waals surface area contributed by atoms with Crippen LogP contribution in [0.5, 0.6) is 0 Å². The number of halogens is 1. The van der Waals surface area contributed by atoms with E-state index >= 15 is 0 Å². The molecule has 0 saturated heterocycles. The number of hydrogen-bond donors (Lipinski definition) is 1. The number of benzene rings is 1. The number of hydrogen-bond acceptors (Lipinski definition) is 6. The van der Waals surface area contributed by atoms with Crippen LogP contribution in [-0.4, -0.2) is 34.1 Å². The Kier molecular flexibility index (Phi) is 5.34. The quantitative estimate of drug-likeness (QED) is 0.533. The van der Waals surface area contributed by atoms with Crippen LogP contribution < -0.4 is 10.9 Å². The smallest absolute Gasteiger partial charge is 0.359 e. The van der Waals surface area contributed by atoms with E-state index in [-0.39, 0.29) is 23.6 Å². The lowest BCUT2D eigenvalue weighted by Crippen LogP contribution is -2.25. The number of nitrogens with zero attached hydrogens (tertiary/aromatic N) is 2. The number of nitrogens with one attached hydrogen (secondary N) is 1. The van der Waals surface area contributed by atoms with Crippen LogP contribution in [0.25, 0.3) is 16.5 Å². The van der Waals surface area contributed by atoms with Crippen molar-refractivity contribution in [2.24, 2.45) is 0 Å². The van der Waals surface area contributed by atoms with Crippen molar-refractivity contribution in [2.45, 2.75) is 6.92 Å². The number of anilines is 1. The van der Waals surface area contributed by atoms with E-state index in [4.69, 9.17) is 16.3 Å². The highest BCUT2D eigenvalue weighted by Gasteiger charge is 2.22. The first kappa shape index (κ1) is 18.1. The predicted octanol–water partition coefficient (Wildman–Crippen LogP) is 2.80. The van der Waals surface area contributed by atoms with E-state index in [9.17, 15) is 14.4 Å². The third-order valence-corrected chi connectivity index (χ3v) is 4.63. The number of ether oxygens (including phenoxy) is 1. The van der Waals surface area contributed by atoms with Crippen LogP contribution in [0.3, 0.4) is 0 Å². The molecule has 0 atom stereocenters. The molecular weight excluding hydrogens is 378 g/mol. The molecule has 0 aliphatic carbocycles. The maximum absolute atomic E-state index is 13.0. The number of alkyl halides is 1. The van der Waals surface area contributed by atoms with Gasteiger partial charge in [0, 0.05) is 10.8 Å². The van der Waals surface area contributed by atoms with Crippen molar-refractivity contribution in [3.05, 3.63) is 51.8 Å². The first-order valence-corrected chi connectivity index (χ1v) is 9.11. The Morgan fingerprint density at radius 1 is 1.31 bits per heavy atom. The number of aromatic nitrogens is 2. The third kappa shape index (κ3) is 3.33. The van der Waals surface area contributed by atoms with E-state index in [1.165, 1.54) is 0 Å². The molecule has 0 fully saturated rings. The van der Waals surface area contributed by atoms with Gasteiger partial charge in [-0.3, -0.25) is 9.59 Å². The van der Waals surface area contributed by atoms with Gasteiger partial charge in [-0.25, -0.2) is 4.79 Å². The Labute approximate surface area is 157 Å². The van der Waals surface area contributed by atoms with Crippen LogP contribution in [0.2, 0.25) is 0 Å². The molecule has 1 N–H and O–H groups in total. The number of para-hydroxylation sites is 1. The normalized spacial score (nSPS) is 10.7. The third-order valence-electron chi connectivity index (χ3n) is 3.50. The molecule has 9 heteroatoms. The first-order valence-electron chi connectivity index (χ1n) is 7.69. The zero-order chi connectivity index (χ0) is 18.7. The summed E-state index contributed by atoms with van der Waals surface area (Å²) < 4.78 is 6.18. The lowest BCUT2D eigenvalue weighted by Gasteiger charge is -2.09. The lowest BCUT2D eigenvalue weighted by atomic mass is 10.2. The summed E-state index contributed by atoms with van der Waals surface area (Å²) in [6, 6.07) is 8.69.